The molecule has 0 aliphatic heterocycles. The molecule has 186 valence electrons. The highest BCUT2D eigenvalue weighted by Crippen LogP contribution is 2.41. The van der Waals surface area contributed by atoms with Crippen LogP contribution in [0.5, 0.6) is 0 Å². The van der Waals surface area contributed by atoms with Crippen molar-refractivity contribution in [2.45, 2.75) is 24.8 Å². The van der Waals surface area contributed by atoms with Crippen molar-refractivity contribution >= 4 is 29.6 Å². The summed E-state index contributed by atoms with van der Waals surface area (Å²) >= 11 is 1.38. The number of hydrogen-bond donors (Lipinski definition) is 1. The van der Waals surface area contributed by atoms with E-state index < -0.39 is 17.4 Å². The van der Waals surface area contributed by atoms with Crippen LogP contribution in [0.3, 0.4) is 0 Å². The zero-order chi connectivity index (χ0) is 25.9. The van der Waals surface area contributed by atoms with Gasteiger partial charge in [0.25, 0.3) is 0 Å². The summed E-state index contributed by atoms with van der Waals surface area (Å²) in [5.74, 6) is -0.755. The number of carbonyl (C=O) groups is 2. The molecule has 2 atom stereocenters. The molecule has 0 fully saturated rings. The average molecular weight is 502 g/mol. The fourth-order valence-corrected chi connectivity index (χ4v) is 5.01. The van der Waals surface area contributed by atoms with E-state index in [0.29, 0.717) is 12.0 Å². The second-order valence-corrected chi connectivity index (χ2v) is 9.20. The summed E-state index contributed by atoms with van der Waals surface area (Å²) in [6.07, 6.45) is 11.1. The molecule has 0 aliphatic rings. The summed E-state index contributed by atoms with van der Waals surface area (Å²) in [6.45, 7) is 5.84. The molecule has 6 nitrogen and oxygen atoms in total. The lowest BCUT2D eigenvalue weighted by Gasteiger charge is -2.32. The molecule has 36 heavy (non-hydrogen) atoms. The molecule has 1 aromatic heterocycles. The first-order valence-corrected chi connectivity index (χ1v) is 12.7. The van der Waals surface area contributed by atoms with Crippen molar-refractivity contribution in [2.75, 3.05) is 12.8 Å². The molecule has 0 aliphatic carbocycles. The van der Waals surface area contributed by atoms with E-state index in [1.807, 2.05) is 79.9 Å². The van der Waals surface area contributed by atoms with Crippen LogP contribution >= 0.6 is 11.8 Å². The number of para-hydroxylation sites is 1. The molecule has 0 bridgehead atoms. The van der Waals surface area contributed by atoms with Crippen LogP contribution in [-0.4, -0.2) is 44.8 Å². The normalized spacial score (nSPS) is 13.6. The van der Waals surface area contributed by atoms with Crippen LogP contribution in [-0.2, 0) is 9.59 Å². The molecule has 0 saturated heterocycles. The molecular formula is C29H31N3O3S. The molecule has 2 unspecified atom stereocenters. The second kappa shape index (κ2) is 13.4. The fraction of sp³-hybridized carbons (Fsp3) is 0.207. The highest BCUT2D eigenvalue weighted by Gasteiger charge is 2.34. The SMILES string of the molecule is C=C/C=C(\C/C=C\C)c1nn(-c2ccccc2)cc1C(SCC=O)N(C)C(C(=O)O)c1ccccc1. The summed E-state index contributed by atoms with van der Waals surface area (Å²) in [4.78, 5) is 25.7. The number of aliphatic carboxylic acids is 1. The molecule has 0 saturated carbocycles. The summed E-state index contributed by atoms with van der Waals surface area (Å²) in [5, 5.41) is 14.7. The number of aldehydes is 1. The summed E-state index contributed by atoms with van der Waals surface area (Å²) < 4.78 is 1.80. The Balaban J connectivity index is 2.20. The molecule has 2 aromatic carbocycles. The number of likely N-dealkylation sites (N-methyl/N-ethyl adjacent to an activating group) is 1. The van der Waals surface area contributed by atoms with E-state index in [4.69, 9.17) is 5.10 Å². The van der Waals surface area contributed by atoms with Gasteiger partial charge in [-0.1, -0.05) is 79.4 Å². The van der Waals surface area contributed by atoms with E-state index in [1.165, 1.54) is 11.8 Å². The predicted molar refractivity (Wildman–Crippen MR) is 147 cm³/mol. The lowest BCUT2D eigenvalue weighted by Crippen LogP contribution is -2.33. The van der Waals surface area contributed by atoms with Gasteiger partial charge in [-0.15, -0.1) is 11.8 Å². The standard InChI is InChI=1S/C29H31N3O3S/c1-4-6-14-22(13-5-2)26-25(21-32(30-26)24-17-11-8-12-18-24)28(36-20-19-33)31(3)27(29(34)35)23-15-9-7-10-16-23/h4-13,15-19,21,27-28H,2,14,20H2,1,3H3,(H,34,35)/b6-4-,22-13+. The Morgan fingerprint density at radius 2 is 1.83 bits per heavy atom. The Morgan fingerprint density at radius 1 is 1.17 bits per heavy atom. The van der Waals surface area contributed by atoms with Crippen molar-refractivity contribution in [1.82, 2.24) is 14.7 Å². The topological polar surface area (TPSA) is 75.4 Å². The monoisotopic (exact) mass is 501 g/mol. The van der Waals surface area contributed by atoms with Gasteiger partial charge < -0.3 is 9.90 Å². The predicted octanol–water partition coefficient (Wildman–Crippen LogP) is 6.10. The zero-order valence-electron chi connectivity index (χ0n) is 20.5. The highest BCUT2D eigenvalue weighted by molar-refractivity contribution is 8.00. The van der Waals surface area contributed by atoms with Crippen LogP contribution in [0.15, 0.2) is 97.7 Å². The van der Waals surface area contributed by atoms with Crippen molar-refractivity contribution < 1.29 is 14.7 Å². The third-order valence-corrected chi connectivity index (χ3v) is 6.91. The van der Waals surface area contributed by atoms with E-state index in [1.54, 1.807) is 34.8 Å². The first-order chi connectivity index (χ1) is 17.5. The Morgan fingerprint density at radius 3 is 2.42 bits per heavy atom. The Bertz CT molecular complexity index is 1220. The first-order valence-electron chi connectivity index (χ1n) is 11.6. The van der Waals surface area contributed by atoms with Crippen LogP contribution in [0, 0.1) is 0 Å². The minimum atomic E-state index is -0.965. The van der Waals surface area contributed by atoms with Crippen LogP contribution in [0.2, 0.25) is 0 Å². The van der Waals surface area contributed by atoms with Crippen molar-refractivity contribution in [1.29, 1.82) is 0 Å². The van der Waals surface area contributed by atoms with Crippen molar-refractivity contribution in [2.24, 2.45) is 0 Å². The van der Waals surface area contributed by atoms with Gasteiger partial charge in [0.2, 0.25) is 0 Å². The number of aromatic nitrogens is 2. The van der Waals surface area contributed by atoms with E-state index in [9.17, 15) is 14.7 Å². The highest BCUT2D eigenvalue weighted by atomic mass is 32.2. The van der Waals surface area contributed by atoms with E-state index in [2.05, 4.69) is 6.58 Å². The van der Waals surface area contributed by atoms with E-state index in [0.717, 1.165) is 28.8 Å². The van der Waals surface area contributed by atoms with Crippen molar-refractivity contribution in [3.8, 4) is 5.69 Å². The Labute approximate surface area is 216 Å². The molecule has 3 aromatic rings. The fourth-order valence-electron chi connectivity index (χ4n) is 4.04. The largest absolute Gasteiger partial charge is 0.480 e. The number of benzene rings is 2. The first kappa shape index (κ1) is 26.9. The third-order valence-electron chi connectivity index (χ3n) is 5.67. The van der Waals surface area contributed by atoms with Crippen molar-refractivity contribution in [3.63, 3.8) is 0 Å². The average Bonchev–Trinajstić information content (AvgIpc) is 3.33. The third kappa shape index (κ3) is 6.50. The van der Waals surface area contributed by atoms with Gasteiger partial charge in [0.05, 0.1) is 22.5 Å². The second-order valence-electron chi connectivity index (χ2n) is 8.08. The number of rotatable bonds is 13. The molecular weight excluding hydrogens is 470 g/mol. The molecule has 1 heterocycles. The van der Waals surface area contributed by atoms with Gasteiger partial charge in [0.15, 0.2) is 0 Å². The molecule has 0 amide bonds. The van der Waals surface area contributed by atoms with Crippen LogP contribution in [0.1, 0.15) is 41.6 Å². The van der Waals surface area contributed by atoms with Gasteiger partial charge in [-0.2, -0.15) is 5.10 Å². The number of carbonyl (C=O) groups excluding carboxylic acids is 1. The summed E-state index contributed by atoms with van der Waals surface area (Å²) in [5.41, 5.74) is 4.06. The molecule has 0 radical (unpaired) electrons. The summed E-state index contributed by atoms with van der Waals surface area (Å²) in [6, 6.07) is 18.0. The van der Waals surface area contributed by atoms with Gasteiger partial charge in [-0.25, -0.2) is 4.68 Å². The summed E-state index contributed by atoms with van der Waals surface area (Å²) in [7, 11) is 1.78. The number of nitrogens with zero attached hydrogens (tertiary/aromatic N) is 3. The lowest BCUT2D eigenvalue weighted by molar-refractivity contribution is -0.143. The molecule has 3 rings (SSSR count). The minimum Gasteiger partial charge on any atom is -0.480 e. The molecule has 0 spiro atoms. The molecule has 1 N–H and O–H groups in total. The zero-order valence-corrected chi connectivity index (χ0v) is 21.3. The lowest BCUT2D eigenvalue weighted by atomic mass is 10.0. The number of carboxylic acids is 1. The van der Waals surface area contributed by atoms with Crippen LogP contribution in [0.4, 0.5) is 0 Å². The quantitative estimate of drug-likeness (QED) is 0.132. The Hall–Kier alpha value is -3.68. The van der Waals surface area contributed by atoms with Gasteiger partial charge in [-0.05, 0) is 43.7 Å². The van der Waals surface area contributed by atoms with Crippen molar-refractivity contribution in [3.05, 3.63) is 115 Å². The van der Waals surface area contributed by atoms with E-state index >= 15 is 0 Å². The van der Waals surface area contributed by atoms with Gasteiger partial charge in [-0.3, -0.25) is 9.69 Å². The Kier molecular flexibility index (Phi) is 10.0. The number of allylic oxidation sites excluding steroid dienone is 5. The van der Waals surface area contributed by atoms with Gasteiger partial charge in [0, 0.05) is 11.8 Å². The number of hydrogen-bond acceptors (Lipinski definition) is 5. The maximum absolute atomic E-state index is 12.5. The van der Waals surface area contributed by atoms with Crippen LogP contribution < -0.4 is 0 Å². The van der Waals surface area contributed by atoms with Gasteiger partial charge in [0.1, 0.15) is 12.3 Å². The maximum Gasteiger partial charge on any atom is 0.325 e. The van der Waals surface area contributed by atoms with E-state index in [-0.39, 0.29) is 5.75 Å². The molecule has 7 heteroatoms. The maximum atomic E-state index is 12.5. The van der Waals surface area contributed by atoms with Gasteiger partial charge >= 0.3 is 5.97 Å². The number of thioether (sulfide) groups is 1. The van der Waals surface area contributed by atoms with Crippen LogP contribution in [0.25, 0.3) is 11.3 Å². The smallest absolute Gasteiger partial charge is 0.325 e. The number of carboxylic acid groups (broad SMARTS) is 1. The minimum absolute atomic E-state index is 0.210.